The summed E-state index contributed by atoms with van der Waals surface area (Å²) in [6.07, 6.45) is 3.57. The van der Waals surface area contributed by atoms with Crippen LogP contribution in [0.15, 0.2) is 6.20 Å². The number of aromatic nitrogens is 2. The van der Waals surface area contributed by atoms with E-state index in [1.165, 1.54) is 0 Å². The fraction of sp³-hybridized carbons (Fsp3) is 0.692. The number of nitrogens with zero attached hydrogens (tertiary/aromatic N) is 2. The number of aryl methyl sites for hydroxylation is 1. The van der Waals surface area contributed by atoms with Gasteiger partial charge in [0.1, 0.15) is 0 Å². The Morgan fingerprint density at radius 2 is 2.44 bits per heavy atom. The molecule has 0 spiro atoms. The van der Waals surface area contributed by atoms with Gasteiger partial charge >= 0.3 is 0 Å². The van der Waals surface area contributed by atoms with Gasteiger partial charge in [-0.1, -0.05) is 13.8 Å². The molecule has 0 saturated carbocycles. The van der Waals surface area contributed by atoms with Gasteiger partial charge in [0.25, 0.3) is 0 Å². The molecule has 1 fully saturated rings. The number of anilines is 1. The van der Waals surface area contributed by atoms with Crippen molar-refractivity contribution in [1.82, 2.24) is 15.1 Å². The van der Waals surface area contributed by atoms with Crippen LogP contribution < -0.4 is 10.6 Å². The summed E-state index contributed by atoms with van der Waals surface area (Å²) in [5.41, 5.74) is 1.80. The largest absolute Gasteiger partial charge is 0.323 e. The molecule has 0 radical (unpaired) electrons. The summed E-state index contributed by atoms with van der Waals surface area (Å²) in [6, 6.07) is 0. The van der Waals surface area contributed by atoms with Crippen LogP contribution in [-0.4, -0.2) is 28.8 Å². The summed E-state index contributed by atoms with van der Waals surface area (Å²) in [6.45, 7) is 6.15. The van der Waals surface area contributed by atoms with Crippen molar-refractivity contribution in [2.75, 3.05) is 18.4 Å². The second kappa shape index (κ2) is 5.52. The molecule has 2 heterocycles. The first-order valence-electron chi connectivity index (χ1n) is 6.60. The van der Waals surface area contributed by atoms with Gasteiger partial charge < -0.3 is 10.6 Å². The van der Waals surface area contributed by atoms with E-state index < -0.39 is 0 Å². The van der Waals surface area contributed by atoms with Crippen LogP contribution in [0.3, 0.4) is 0 Å². The van der Waals surface area contributed by atoms with E-state index in [2.05, 4.69) is 29.6 Å². The highest BCUT2D eigenvalue weighted by Crippen LogP contribution is 2.23. The summed E-state index contributed by atoms with van der Waals surface area (Å²) in [5.74, 6) is 0.886. The third kappa shape index (κ3) is 3.10. The molecule has 1 aliphatic rings. The van der Waals surface area contributed by atoms with Crippen LogP contribution in [0.4, 0.5) is 5.69 Å². The monoisotopic (exact) mass is 250 g/mol. The van der Waals surface area contributed by atoms with Gasteiger partial charge in [-0.25, -0.2) is 0 Å². The Morgan fingerprint density at radius 3 is 3.06 bits per heavy atom. The fourth-order valence-electron chi connectivity index (χ4n) is 2.38. The lowest BCUT2D eigenvalue weighted by Crippen LogP contribution is -2.18. The first kappa shape index (κ1) is 13.1. The molecule has 1 aromatic heterocycles. The highest BCUT2D eigenvalue weighted by atomic mass is 16.1. The fourth-order valence-corrected chi connectivity index (χ4v) is 2.38. The number of nitrogens with one attached hydrogen (secondary N) is 2. The van der Waals surface area contributed by atoms with E-state index >= 15 is 0 Å². The molecule has 1 atom stereocenters. The molecule has 1 amide bonds. The Hall–Kier alpha value is -1.36. The van der Waals surface area contributed by atoms with E-state index in [1.54, 1.807) is 4.68 Å². The van der Waals surface area contributed by atoms with E-state index in [9.17, 15) is 4.79 Å². The maximum Gasteiger partial charge on any atom is 0.224 e. The van der Waals surface area contributed by atoms with Gasteiger partial charge in [-0.2, -0.15) is 5.10 Å². The average Bonchev–Trinajstić information content (AvgIpc) is 2.88. The van der Waals surface area contributed by atoms with Crippen LogP contribution >= 0.6 is 0 Å². The third-order valence-corrected chi connectivity index (χ3v) is 3.31. The Kier molecular flexibility index (Phi) is 4.01. The summed E-state index contributed by atoms with van der Waals surface area (Å²) < 4.78 is 1.75. The predicted octanol–water partition coefficient (Wildman–Crippen LogP) is 1.48. The van der Waals surface area contributed by atoms with Crippen molar-refractivity contribution in [2.45, 2.75) is 32.6 Å². The Labute approximate surface area is 108 Å². The first-order valence-corrected chi connectivity index (χ1v) is 6.60. The van der Waals surface area contributed by atoms with Crippen LogP contribution in [0, 0.1) is 5.92 Å². The first-order chi connectivity index (χ1) is 8.56. The van der Waals surface area contributed by atoms with Crippen LogP contribution in [0.5, 0.6) is 0 Å². The zero-order valence-electron chi connectivity index (χ0n) is 11.4. The third-order valence-electron chi connectivity index (χ3n) is 3.31. The SMILES string of the molecule is CC(C)c1nn(C)cc1NC(=O)CC1CCNC1. The van der Waals surface area contributed by atoms with Gasteiger partial charge in [-0.05, 0) is 31.3 Å². The molecule has 0 aromatic carbocycles. The van der Waals surface area contributed by atoms with Crippen molar-refractivity contribution in [3.05, 3.63) is 11.9 Å². The number of hydrogen-bond donors (Lipinski definition) is 2. The number of rotatable bonds is 4. The zero-order valence-corrected chi connectivity index (χ0v) is 11.4. The van der Waals surface area contributed by atoms with E-state index in [4.69, 9.17) is 0 Å². The molecule has 100 valence electrons. The van der Waals surface area contributed by atoms with Crippen molar-refractivity contribution in [3.63, 3.8) is 0 Å². The minimum absolute atomic E-state index is 0.0959. The number of carbonyl (C=O) groups is 1. The zero-order chi connectivity index (χ0) is 13.1. The molecule has 2 N–H and O–H groups in total. The van der Waals surface area contributed by atoms with Gasteiger partial charge in [-0.15, -0.1) is 0 Å². The molecular weight excluding hydrogens is 228 g/mol. The molecule has 1 unspecified atom stereocenters. The Morgan fingerprint density at radius 1 is 1.67 bits per heavy atom. The van der Waals surface area contributed by atoms with E-state index in [-0.39, 0.29) is 5.91 Å². The van der Waals surface area contributed by atoms with E-state index in [0.717, 1.165) is 30.9 Å². The highest BCUT2D eigenvalue weighted by molar-refractivity contribution is 5.91. The summed E-state index contributed by atoms with van der Waals surface area (Å²) in [7, 11) is 1.88. The Bertz CT molecular complexity index is 419. The van der Waals surface area contributed by atoms with Crippen LogP contribution in [0.25, 0.3) is 0 Å². The summed E-state index contributed by atoms with van der Waals surface area (Å²) in [4.78, 5) is 12.0. The number of amides is 1. The summed E-state index contributed by atoms with van der Waals surface area (Å²) >= 11 is 0. The molecule has 1 aliphatic heterocycles. The lowest BCUT2D eigenvalue weighted by Gasteiger charge is -2.10. The molecule has 2 rings (SSSR count). The molecule has 1 aromatic rings. The molecular formula is C13H22N4O. The highest BCUT2D eigenvalue weighted by Gasteiger charge is 2.19. The Balaban J connectivity index is 1.97. The predicted molar refractivity (Wildman–Crippen MR) is 71.5 cm³/mol. The quantitative estimate of drug-likeness (QED) is 0.851. The van der Waals surface area contributed by atoms with Crippen molar-refractivity contribution in [3.8, 4) is 0 Å². The molecule has 5 nitrogen and oxygen atoms in total. The minimum atomic E-state index is 0.0959. The van der Waals surface area contributed by atoms with Crippen LogP contribution in [0.2, 0.25) is 0 Å². The molecule has 0 aliphatic carbocycles. The topological polar surface area (TPSA) is 59.0 Å². The maximum absolute atomic E-state index is 12.0. The van der Waals surface area contributed by atoms with Gasteiger partial charge in [0, 0.05) is 19.7 Å². The molecule has 18 heavy (non-hydrogen) atoms. The second-order valence-corrected chi connectivity index (χ2v) is 5.37. The minimum Gasteiger partial charge on any atom is -0.323 e. The normalized spacial score (nSPS) is 19.4. The van der Waals surface area contributed by atoms with E-state index in [1.807, 2.05) is 13.2 Å². The molecule has 5 heteroatoms. The lowest BCUT2D eigenvalue weighted by molar-refractivity contribution is -0.116. The average molecular weight is 250 g/mol. The second-order valence-electron chi connectivity index (χ2n) is 5.37. The molecule has 0 bridgehead atoms. The van der Waals surface area contributed by atoms with Gasteiger partial charge in [0.2, 0.25) is 5.91 Å². The standard InChI is InChI=1S/C13H22N4O/c1-9(2)13-11(8-17(3)16-13)15-12(18)6-10-4-5-14-7-10/h8-10,14H,4-7H2,1-3H3,(H,15,18). The summed E-state index contributed by atoms with van der Waals surface area (Å²) in [5, 5.41) is 10.7. The maximum atomic E-state index is 12.0. The van der Waals surface area contributed by atoms with Crippen molar-refractivity contribution in [1.29, 1.82) is 0 Å². The number of carbonyl (C=O) groups excluding carboxylic acids is 1. The molecule has 1 saturated heterocycles. The lowest BCUT2D eigenvalue weighted by atomic mass is 10.0. The van der Waals surface area contributed by atoms with Crippen LogP contribution in [-0.2, 0) is 11.8 Å². The van der Waals surface area contributed by atoms with E-state index in [0.29, 0.717) is 18.3 Å². The van der Waals surface area contributed by atoms with Crippen molar-refractivity contribution >= 4 is 11.6 Å². The van der Waals surface area contributed by atoms with Crippen molar-refractivity contribution < 1.29 is 4.79 Å². The smallest absolute Gasteiger partial charge is 0.224 e. The van der Waals surface area contributed by atoms with Gasteiger partial charge in [-0.3, -0.25) is 9.48 Å². The van der Waals surface area contributed by atoms with Gasteiger partial charge in [0.05, 0.1) is 11.4 Å². The number of hydrogen-bond acceptors (Lipinski definition) is 3. The van der Waals surface area contributed by atoms with Crippen LogP contribution in [0.1, 0.15) is 38.3 Å². The van der Waals surface area contributed by atoms with Gasteiger partial charge in [0.15, 0.2) is 0 Å². The van der Waals surface area contributed by atoms with Crippen molar-refractivity contribution in [2.24, 2.45) is 13.0 Å².